The number of hydrogen-bond acceptors (Lipinski definition) is 6. The van der Waals surface area contributed by atoms with E-state index in [-0.39, 0.29) is 23.8 Å². The third-order valence-corrected chi connectivity index (χ3v) is 5.87. The number of benzene rings is 1. The number of nitrogens with two attached hydrogens (primary N) is 2. The monoisotopic (exact) mass is 373 g/mol. The molecule has 1 aliphatic heterocycles. The first-order chi connectivity index (χ1) is 13.1. The fraction of sp³-hybridized carbons (Fsp3) is 0.600. The molecule has 146 valence electrons. The minimum Gasteiger partial charge on any atom is -0.487 e. The Labute approximate surface area is 159 Å². The molecule has 0 unspecified atom stereocenters. The third-order valence-electron chi connectivity index (χ3n) is 5.87. The van der Waals surface area contributed by atoms with E-state index in [0.29, 0.717) is 11.4 Å². The number of hydrogen-bond donors (Lipinski definition) is 2. The number of rotatable bonds is 3. The van der Waals surface area contributed by atoms with Crippen LogP contribution in [0.1, 0.15) is 64.2 Å². The van der Waals surface area contributed by atoms with E-state index in [1.165, 1.54) is 12.5 Å². The number of ether oxygens (including phenoxy) is 1. The SMILES string of the molecule is NC1=NC2(CCCCC2)N(c2ccc(OC3CCCCC3)c(F)c2)C(N)=N1. The number of aliphatic imine (C=N–C) groups is 2. The Kier molecular flexibility index (Phi) is 4.93. The topological polar surface area (TPSA) is 89.2 Å². The Balaban J connectivity index is 1.61. The van der Waals surface area contributed by atoms with Crippen molar-refractivity contribution in [2.75, 3.05) is 4.90 Å². The van der Waals surface area contributed by atoms with Gasteiger partial charge < -0.3 is 16.2 Å². The van der Waals surface area contributed by atoms with Crippen molar-refractivity contribution >= 4 is 17.6 Å². The third kappa shape index (κ3) is 3.59. The van der Waals surface area contributed by atoms with E-state index in [2.05, 4.69) is 9.98 Å². The molecule has 3 aliphatic rings. The zero-order valence-corrected chi connectivity index (χ0v) is 15.7. The molecule has 0 radical (unpaired) electrons. The van der Waals surface area contributed by atoms with Crippen LogP contribution in [0.3, 0.4) is 0 Å². The lowest BCUT2D eigenvalue weighted by Gasteiger charge is -2.45. The molecule has 1 spiro atoms. The first-order valence-corrected chi connectivity index (χ1v) is 10.0. The van der Waals surface area contributed by atoms with Crippen LogP contribution in [-0.4, -0.2) is 23.7 Å². The van der Waals surface area contributed by atoms with Gasteiger partial charge in [0.05, 0.1) is 6.10 Å². The molecule has 1 heterocycles. The largest absolute Gasteiger partial charge is 0.487 e. The molecule has 0 amide bonds. The molecule has 0 bridgehead atoms. The molecular formula is C20H28FN5O. The average Bonchev–Trinajstić information content (AvgIpc) is 2.65. The predicted octanol–water partition coefficient (Wildman–Crippen LogP) is 3.65. The van der Waals surface area contributed by atoms with Crippen molar-refractivity contribution in [3.63, 3.8) is 0 Å². The fourth-order valence-electron chi connectivity index (χ4n) is 4.58. The van der Waals surface area contributed by atoms with Crippen LogP contribution in [-0.2, 0) is 0 Å². The lowest BCUT2D eigenvalue weighted by atomic mass is 9.87. The van der Waals surface area contributed by atoms with Gasteiger partial charge in [0.2, 0.25) is 11.9 Å². The Morgan fingerprint density at radius 2 is 1.74 bits per heavy atom. The molecule has 4 rings (SSSR count). The van der Waals surface area contributed by atoms with Gasteiger partial charge in [-0.2, -0.15) is 4.99 Å². The predicted molar refractivity (Wildman–Crippen MR) is 105 cm³/mol. The second-order valence-electron chi connectivity index (χ2n) is 7.81. The molecule has 2 fully saturated rings. The molecule has 1 aromatic rings. The van der Waals surface area contributed by atoms with Gasteiger partial charge in [-0.1, -0.05) is 12.8 Å². The highest BCUT2D eigenvalue weighted by Gasteiger charge is 2.42. The van der Waals surface area contributed by atoms with E-state index in [9.17, 15) is 4.39 Å². The summed E-state index contributed by atoms with van der Waals surface area (Å²) in [7, 11) is 0. The van der Waals surface area contributed by atoms with Crippen LogP contribution in [0.2, 0.25) is 0 Å². The van der Waals surface area contributed by atoms with Gasteiger partial charge in [0.25, 0.3) is 0 Å². The Hall–Kier alpha value is -2.31. The molecule has 6 nitrogen and oxygen atoms in total. The number of nitrogens with zero attached hydrogens (tertiary/aromatic N) is 3. The Morgan fingerprint density at radius 3 is 2.44 bits per heavy atom. The summed E-state index contributed by atoms with van der Waals surface area (Å²) < 4.78 is 20.7. The normalized spacial score (nSPS) is 23.1. The molecule has 2 aliphatic carbocycles. The highest BCUT2D eigenvalue weighted by molar-refractivity contribution is 6.05. The van der Waals surface area contributed by atoms with E-state index < -0.39 is 5.66 Å². The zero-order valence-electron chi connectivity index (χ0n) is 15.7. The van der Waals surface area contributed by atoms with Gasteiger partial charge in [-0.15, -0.1) is 0 Å². The zero-order chi connectivity index (χ0) is 18.9. The Morgan fingerprint density at radius 1 is 1.04 bits per heavy atom. The lowest BCUT2D eigenvalue weighted by Crippen LogP contribution is -2.58. The van der Waals surface area contributed by atoms with E-state index in [1.54, 1.807) is 6.07 Å². The smallest absolute Gasteiger partial charge is 0.220 e. The first kappa shape index (κ1) is 18.1. The summed E-state index contributed by atoms with van der Waals surface area (Å²) in [6.07, 6.45) is 10.5. The van der Waals surface area contributed by atoms with Crippen LogP contribution in [0.15, 0.2) is 28.2 Å². The quantitative estimate of drug-likeness (QED) is 0.846. The minimum atomic E-state index is -0.563. The van der Waals surface area contributed by atoms with Crippen LogP contribution in [0.25, 0.3) is 0 Å². The van der Waals surface area contributed by atoms with Crippen LogP contribution in [0.4, 0.5) is 10.1 Å². The molecule has 4 N–H and O–H groups in total. The van der Waals surface area contributed by atoms with E-state index >= 15 is 0 Å². The van der Waals surface area contributed by atoms with Crippen LogP contribution >= 0.6 is 0 Å². The summed E-state index contributed by atoms with van der Waals surface area (Å²) in [5, 5.41) is 0. The fourth-order valence-corrected chi connectivity index (χ4v) is 4.58. The highest BCUT2D eigenvalue weighted by atomic mass is 19.1. The summed E-state index contributed by atoms with van der Waals surface area (Å²) >= 11 is 0. The summed E-state index contributed by atoms with van der Waals surface area (Å²) in [5.41, 5.74) is 12.2. The van der Waals surface area contributed by atoms with Gasteiger partial charge in [0.1, 0.15) is 5.66 Å². The molecule has 0 saturated heterocycles. The van der Waals surface area contributed by atoms with Gasteiger partial charge in [0.15, 0.2) is 11.6 Å². The highest BCUT2D eigenvalue weighted by Crippen LogP contribution is 2.40. The van der Waals surface area contributed by atoms with Crippen LogP contribution in [0.5, 0.6) is 5.75 Å². The second kappa shape index (κ2) is 7.37. The van der Waals surface area contributed by atoms with Crippen LogP contribution in [0, 0.1) is 5.82 Å². The van der Waals surface area contributed by atoms with E-state index in [0.717, 1.165) is 57.8 Å². The summed E-state index contributed by atoms with van der Waals surface area (Å²) in [6.45, 7) is 0. The maximum absolute atomic E-state index is 14.8. The van der Waals surface area contributed by atoms with E-state index in [4.69, 9.17) is 16.2 Å². The van der Waals surface area contributed by atoms with Crippen molar-refractivity contribution in [1.29, 1.82) is 0 Å². The summed E-state index contributed by atoms with van der Waals surface area (Å²) in [6, 6.07) is 5.02. The molecular weight excluding hydrogens is 345 g/mol. The van der Waals surface area contributed by atoms with Crippen molar-refractivity contribution in [2.45, 2.75) is 76.0 Å². The maximum atomic E-state index is 14.8. The molecule has 27 heavy (non-hydrogen) atoms. The molecule has 7 heteroatoms. The molecule has 1 aromatic carbocycles. The van der Waals surface area contributed by atoms with Gasteiger partial charge in [0, 0.05) is 11.8 Å². The second-order valence-corrected chi connectivity index (χ2v) is 7.81. The summed E-state index contributed by atoms with van der Waals surface area (Å²) in [5.74, 6) is 0.395. The lowest BCUT2D eigenvalue weighted by molar-refractivity contribution is 0.148. The van der Waals surface area contributed by atoms with Gasteiger partial charge in [-0.05, 0) is 63.5 Å². The van der Waals surface area contributed by atoms with Gasteiger partial charge in [-0.25, -0.2) is 9.38 Å². The van der Waals surface area contributed by atoms with Crippen molar-refractivity contribution < 1.29 is 9.13 Å². The standard InChI is InChI=1S/C20H28FN5O/c21-16-13-14(9-10-17(16)27-15-7-3-1-4-8-15)26-19(23)24-18(22)25-20(26)11-5-2-6-12-20/h9-10,13,15H,1-8,11-12H2,(H4,22,23,24,25). The first-order valence-electron chi connectivity index (χ1n) is 10.0. The van der Waals surface area contributed by atoms with Gasteiger partial charge >= 0.3 is 0 Å². The van der Waals surface area contributed by atoms with Crippen molar-refractivity contribution in [3.8, 4) is 5.75 Å². The van der Waals surface area contributed by atoms with Crippen molar-refractivity contribution in [1.82, 2.24) is 0 Å². The number of halogens is 1. The average molecular weight is 373 g/mol. The molecule has 2 saturated carbocycles. The Bertz CT molecular complexity index is 751. The van der Waals surface area contributed by atoms with Crippen LogP contribution < -0.4 is 21.1 Å². The van der Waals surface area contributed by atoms with Crippen molar-refractivity contribution in [3.05, 3.63) is 24.0 Å². The molecule has 0 aromatic heterocycles. The number of anilines is 1. The molecule has 0 atom stereocenters. The van der Waals surface area contributed by atoms with E-state index in [1.807, 2.05) is 11.0 Å². The van der Waals surface area contributed by atoms with Crippen molar-refractivity contribution in [2.24, 2.45) is 21.5 Å². The number of guanidine groups is 2. The summed E-state index contributed by atoms with van der Waals surface area (Å²) in [4.78, 5) is 10.6. The maximum Gasteiger partial charge on any atom is 0.220 e. The minimum absolute atomic E-state index is 0.106. The van der Waals surface area contributed by atoms with Gasteiger partial charge in [-0.3, -0.25) is 4.90 Å².